The Kier molecular flexibility index (Phi) is 6.83. The molecule has 194 valence electrons. The number of aromatic nitrogens is 1. The number of ether oxygens (including phenoxy) is 3. The number of pyridine rings is 1. The summed E-state index contributed by atoms with van der Waals surface area (Å²) in [7, 11) is 0. The zero-order valence-corrected chi connectivity index (χ0v) is 20.9. The minimum atomic E-state index is -0.873. The molecular weight excluding hydrogens is 488 g/mol. The Balaban J connectivity index is 1.51. The number of hydrogen-bond donors (Lipinski definition) is 1. The van der Waals surface area contributed by atoms with Gasteiger partial charge in [0.2, 0.25) is 0 Å². The molecule has 0 bridgehead atoms. The second kappa shape index (κ2) is 10.4. The summed E-state index contributed by atoms with van der Waals surface area (Å²) in [5.41, 5.74) is 1.93. The zero-order valence-electron chi connectivity index (χ0n) is 20.9. The number of amides is 1. The molecule has 2 aliphatic heterocycles. The highest BCUT2D eigenvalue weighted by Gasteiger charge is 2.46. The number of hydrogen-bond acceptors (Lipinski definition) is 8. The monoisotopic (exact) mass is 514 g/mol. The van der Waals surface area contributed by atoms with Gasteiger partial charge in [-0.25, -0.2) is 4.79 Å². The molecule has 0 spiro atoms. The zero-order chi connectivity index (χ0) is 26.8. The summed E-state index contributed by atoms with van der Waals surface area (Å²) in [6.07, 6.45) is 2.90. The molecule has 1 N–H and O–H groups in total. The number of benzene rings is 2. The third kappa shape index (κ3) is 4.82. The topological polar surface area (TPSA) is 115 Å². The molecule has 9 nitrogen and oxygen atoms in total. The molecule has 5 rings (SSSR count). The van der Waals surface area contributed by atoms with Crippen molar-refractivity contribution in [1.82, 2.24) is 9.88 Å². The minimum Gasteiger partial charge on any atom is -0.507 e. The molecule has 0 aliphatic carbocycles. The molecule has 38 heavy (non-hydrogen) atoms. The van der Waals surface area contributed by atoms with Gasteiger partial charge in [-0.1, -0.05) is 18.2 Å². The van der Waals surface area contributed by atoms with Crippen LogP contribution < -0.4 is 9.47 Å². The maximum atomic E-state index is 13.3. The van der Waals surface area contributed by atoms with Crippen LogP contribution in [0, 0.1) is 0 Å². The summed E-state index contributed by atoms with van der Waals surface area (Å²) in [6.45, 7) is 4.40. The van der Waals surface area contributed by atoms with E-state index >= 15 is 0 Å². The number of nitrogens with zero attached hydrogens (tertiary/aromatic N) is 2. The van der Waals surface area contributed by atoms with E-state index in [0.717, 1.165) is 0 Å². The normalized spacial score (nSPS) is 18.1. The fourth-order valence-electron chi connectivity index (χ4n) is 4.50. The van der Waals surface area contributed by atoms with Gasteiger partial charge in [0.05, 0.1) is 23.3 Å². The lowest BCUT2D eigenvalue weighted by molar-refractivity contribution is -0.140. The summed E-state index contributed by atoms with van der Waals surface area (Å²) in [4.78, 5) is 44.3. The predicted octanol–water partition coefficient (Wildman–Crippen LogP) is 4.04. The Labute approximate surface area is 219 Å². The first kappa shape index (κ1) is 25.0. The van der Waals surface area contributed by atoms with Gasteiger partial charge in [-0.15, -0.1) is 0 Å². The lowest BCUT2D eigenvalue weighted by atomic mass is 9.96. The molecule has 0 radical (unpaired) electrons. The Morgan fingerprint density at radius 2 is 1.76 bits per heavy atom. The smallest absolute Gasteiger partial charge is 0.338 e. The molecule has 1 fully saturated rings. The van der Waals surface area contributed by atoms with Crippen LogP contribution in [0.2, 0.25) is 0 Å². The molecule has 3 heterocycles. The number of carbonyl (C=O) groups is 3. The van der Waals surface area contributed by atoms with Gasteiger partial charge in [0.25, 0.3) is 11.7 Å². The molecule has 2 aromatic carbocycles. The van der Waals surface area contributed by atoms with Crippen LogP contribution in [0.25, 0.3) is 5.76 Å². The highest BCUT2D eigenvalue weighted by molar-refractivity contribution is 6.46. The van der Waals surface area contributed by atoms with E-state index in [2.05, 4.69) is 4.98 Å². The number of aliphatic hydroxyl groups is 1. The van der Waals surface area contributed by atoms with Crippen LogP contribution in [0.4, 0.5) is 0 Å². The highest BCUT2D eigenvalue weighted by atomic mass is 16.6. The predicted molar refractivity (Wildman–Crippen MR) is 137 cm³/mol. The molecule has 1 unspecified atom stereocenters. The third-order valence-electron chi connectivity index (χ3n) is 6.24. The van der Waals surface area contributed by atoms with E-state index in [1.54, 1.807) is 80.8 Å². The molecule has 3 aromatic rings. The van der Waals surface area contributed by atoms with Crippen molar-refractivity contribution in [2.45, 2.75) is 32.5 Å². The average Bonchev–Trinajstić information content (AvgIpc) is 3.17. The quantitative estimate of drug-likeness (QED) is 0.227. The Bertz CT molecular complexity index is 1410. The summed E-state index contributed by atoms with van der Waals surface area (Å²) in [5.74, 6) is -1.32. The molecule has 1 aromatic heterocycles. The van der Waals surface area contributed by atoms with Crippen LogP contribution in [0.1, 0.15) is 46.9 Å². The van der Waals surface area contributed by atoms with Crippen molar-refractivity contribution in [3.63, 3.8) is 0 Å². The first-order valence-corrected chi connectivity index (χ1v) is 12.2. The number of likely N-dealkylation sites (tertiary alicyclic amines) is 1. The van der Waals surface area contributed by atoms with Crippen molar-refractivity contribution in [1.29, 1.82) is 0 Å². The average molecular weight is 515 g/mol. The Morgan fingerprint density at radius 3 is 2.45 bits per heavy atom. The van der Waals surface area contributed by atoms with Gasteiger partial charge in [-0.2, -0.15) is 0 Å². The second-order valence-corrected chi connectivity index (χ2v) is 9.22. The number of carbonyl (C=O) groups excluding carboxylic acids is 3. The van der Waals surface area contributed by atoms with E-state index in [0.29, 0.717) is 47.0 Å². The number of ketones is 1. The molecule has 1 saturated heterocycles. The van der Waals surface area contributed by atoms with Gasteiger partial charge in [0, 0.05) is 24.5 Å². The molecular formula is C29H26N2O7. The Morgan fingerprint density at radius 1 is 1.05 bits per heavy atom. The number of fused-ring (bicyclic) bond motifs is 1. The first-order valence-electron chi connectivity index (χ1n) is 12.2. The van der Waals surface area contributed by atoms with E-state index in [1.807, 2.05) is 0 Å². The van der Waals surface area contributed by atoms with Crippen LogP contribution in [-0.2, 0) is 20.9 Å². The van der Waals surface area contributed by atoms with E-state index in [1.165, 1.54) is 4.90 Å². The third-order valence-corrected chi connectivity index (χ3v) is 6.24. The molecule has 9 heteroatoms. The van der Waals surface area contributed by atoms with Crippen molar-refractivity contribution in [3.05, 3.63) is 94.8 Å². The van der Waals surface area contributed by atoms with Crippen molar-refractivity contribution in [2.24, 2.45) is 0 Å². The van der Waals surface area contributed by atoms with E-state index in [4.69, 9.17) is 14.2 Å². The van der Waals surface area contributed by atoms with Crippen molar-refractivity contribution < 1.29 is 33.7 Å². The van der Waals surface area contributed by atoms with Crippen LogP contribution in [0.5, 0.6) is 11.5 Å². The van der Waals surface area contributed by atoms with Crippen molar-refractivity contribution in [3.8, 4) is 11.5 Å². The lowest BCUT2D eigenvalue weighted by Gasteiger charge is -2.25. The largest absolute Gasteiger partial charge is 0.507 e. The molecule has 2 aliphatic rings. The maximum Gasteiger partial charge on any atom is 0.338 e. The maximum absolute atomic E-state index is 13.3. The standard InChI is InChI=1S/C29H26N2O7/c1-17(2)38-29(35)19-7-5-18(6-8-19)16-31-25(21-4-3-11-30-15-21)24(27(33)28(31)34)26(32)20-9-10-22-23(14-20)37-13-12-36-22/h3-11,14-15,17,25,32H,12-13,16H2,1-2H3/b26-24-. The molecule has 1 amide bonds. The number of esters is 1. The number of aliphatic hydroxyl groups excluding tert-OH is 1. The Hall–Kier alpha value is -4.66. The van der Waals surface area contributed by atoms with Gasteiger partial charge < -0.3 is 24.2 Å². The lowest BCUT2D eigenvalue weighted by Crippen LogP contribution is -2.29. The fourth-order valence-corrected chi connectivity index (χ4v) is 4.50. The van der Waals surface area contributed by atoms with Gasteiger partial charge in [-0.3, -0.25) is 14.6 Å². The molecule has 0 saturated carbocycles. The highest BCUT2D eigenvalue weighted by Crippen LogP contribution is 2.41. The van der Waals surface area contributed by atoms with E-state index in [9.17, 15) is 19.5 Å². The summed E-state index contributed by atoms with van der Waals surface area (Å²) < 4.78 is 16.4. The minimum absolute atomic E-state index is 0.0446. The second-order valence-electron chi connectivity index (χ2n) is 9.22. The van der Waals surface area contributed by atoms with E-state index < -0.39 is 23.7 Å². The van der Waals surface area contributed by atoms with Gasteiger partial charge in [-0.05, 0) is 61.4 Å². The van der Waals surface area contributed by atoms with Gasteiger partial charge in [0.15, 0.2) is 11.5 Å². The van der Waals surface area contributed by atoms with Crippen LogP contribution in [0.15, 0.2) is 72.6 Å². The van der Waals surface area contributed by atoms with Crippen LogP contribution in [0.3, 0.4) is 0 Å². The van der Waals surface area contributed by atoms with Crippen molar-refractivity contribution in [2.75, 3.05) is 13.2 Å². The SMILES string of the molecule is CC(C)OC(=O)c1ccc(CN2C(=O)C(=O)/C(=C(\O)c3ccc4c(c3)OCCO4)C2c2cccnc2)cc1. The summed E-state index contributed by atoms with van der Waals surface area (Å²) >= 11 is 0. The van der Waals surface area contributed by atoms with E-state index in [-0.39, 0.29) is 24.0 Å². The number of Topliss-reactive ketones (excluding diaryl/α,β-unsaturated/α-hetero) is 1. The molecule has 1 atom stereocenters. The van der Waals surface area contributed by atoms with Crippen LogP contribution >= 0.6 is 0 Å². The number of rotatable bonds is 6. The van der Waals surface area contributed by atoms with Gasteiger partial charge >= 0.3 is 5.97 Å². The summed E-state index contributed by atoms with van der Waals surface area (Å²) in [6, 6.07) is 14.1. The first-order chi connectivity index (χ1) is 18.3. The summed E-state index contributed by atoms with van der Waals surface area (Å²) in [5, 5.41) is 11.3. The van der Waals surface area contributed by atoms with Crippen molar-refractivity contribution >= 4 is 23.4 Å². The fraction of sp³-hybridized carbons (Fsp3) is 0.241. The van der Waals surface area contributed by atoms with Crippen LogP contribution in [-0.4, -0.2) is 52.0 Å². The van der Waals surface area contributed by atoms with Gasteiger partial charge in [0.1, 0.15) is 19.0 Å².